The molecular formula is C28H26O13. The van der Waals surface area contributed by atoms with E-state index in [1.807, 2.05) is 0 Å². The summed E-state index contributed by atoms with van der Waals surface area (Å²) >= 11 is 0. The summed E-state index contributed by atoms with van der Waals surface area (Å²) in [5.41, 5.74) is 0.389. The number of fused-ring (bicyclic) bond motifs is 1. The first-order chi connectivity index (χ1) is 19.7. The van der Waals surface area contributed by atoms with Crippen LogP contribution in [-0.2, 0) is 38.0 Å². The van der Waals surface area contributed by atoms with Crippen LogP contribution in [0.15, 0.2) is 61.2 Å². The van der Waals surface area contributed by atoms with Crippen LogP contribution in [0.3, 0.4) is 0 Å². The Morgan fingerprint density at radius 2 is 1.27 bits per heavy atom. The van der Waals surface area contributed by atoms with Gasteiger partial charge in [0.1, 0.15) is 36.9 Å². The first-order valence-corrected chi connectivity index (χ1v) is 12.4. The lowest BCUT2D eigenvalue weighted by Gasteiger charge is -2.17. The molecule has 2 aliphatic heterocycles. The maximum atomic E-state index is 12.6. The molecule has 0 aliphatic carbocycles. The van der Waals surface area contributed by atoms with Gasteiger partial charge in [-0.15, -0.1) is 0 Å². The molecule has 0 amide bonds. The molecule has 0 spiro atoms. The number of benzene rings is 2. The molecule has 2 fully saturated rings. The molecule has 4 rings (SSSR count). The zero-order valence-electron chi connectivity index (χ0n) is 21.8. The van der Waals surface area contributed by atoms with Gasteiger partial charge in [0.25, 0.3) is 0 Å². The lowest BCUT2D eigenvalue weighted by Crippen LogP contribution is -2.35. The van der Waals surface area contributed by atoms with E-state index in [-0.39, 0.29) is 49.1 Å². The van der Waals surface area contributed by atoms with E-state index in [2.05, 4.69) is 11.3 Å². The highest BCUT2D eigenvalue weighted by Gasteiger charge is 2.51. The average Bonchev–Trinajstić information content (AvgIpc) is 3.54. The van der Waals surface area contributed by atoms with E-state index in [1.165, 1.54) is 55.5 Å². The van der Waals surface area contributed by atoms with Crippen LogP contribution < -0.4 is 9.47 Å². The highest BCUT2D eigenvalue weighted by atomic mass is 16.7. The Labute approximate surface area is 233 Å². The standard InChI is InChI=1S/C28H26O13/c1-3-23(30)34-12-13-35-28(33)40-20-10-6-17(7-11-20)26(31)39-19-8-4-18(5-9-19)27(32)41-22-15-37-24-21(38-16(2)29)14-36-25(22)24/h3-11,21-22,24-25H,1,12-15H2,2H3. The molecule has 2 aliphatic rings. The molecule has 0 radical (unpaired) electrons. The summed E-state index contributed by atoms with van der Waals surface area (Å²) in [7, 11) is 0. The van der Waals surface area contributed by atoms with Gasteiger partial charge in [0, 0.05) is 13.0 Å². The number of carbonyl (C=O) groups is 5. The predicted molar refractivity (Wildman–Crippen MR) is 135 cm³/mol. The van der Waals surface area contributed by atoms with E-state index in [1.54, 1.807) is 0 Å². The third-order valence-corrected chi connectivity index (χ3v) is 5.84. The second kappa shape index (κ2) is 13.5. The molecule has 2 aromatic carbocycles. The normalized spacial score (nSPS) is 20.7. The second-order valence-electron chi connectivity index (χ2n) is 8.70. The third-order valence-electron chi connectivity index (χ3n) is 5.84. The number of hydrogen-bond donors (Lipinski definition) is 0. The van der Waals surface area contributed by atoms with Gasteiger partial charge in [-0.25, -0.2) is 19.2 Å². The van der Waals surface area contributed by atoms with Crippen LogP contribution in [0.2, 0.25) is 0 Å². The lowest BCUT2D eigenvalue weighted by atomic mass is 10.1. The van der Waals surface area contributed by atoms with Crippen LogP contribution in [0, 0.1) is 0 Å². The van der Waals surface area contributed by atoms with Crippen molar-refractivity contribution in [1.29, 1.82) is 0 Å². The van der Waals surface area contributed by atoms with E-state index >= 15 is 0 Å². The van der Waals surface area contributed by atoms with Crippen LogP contribution in [0.1, 0.15) is 27.6 Å². The predicted octanol–water partition coefficient (Wildman–Crippen LogP) is 2.41. The Kier molecular flexibility index (Phi) is 9.66. The molecule has 0 aromatic heterocycles. The molecule has 13 nitrogen and oxygen atoms in total. The van der Waals surface area contributed by atoms with Gasteiger partial charge in [-0.1, -0.05) is 6.58 Å². The third kappa shape index (κ3) is 7.90. The Morgan fingerprint density at radius 3 is 1.83 bits per heavy atom. The highest BCUT2D eigenvalue weighted by molar-refractivity contribution is 5.92. The Bertz CT molecular complexity index is 1290. The molecule has 2 aromatic rings. The largest absolute Gasteiger partial charge is 0.513 e. The van der Waals surface area contributed by atoms with Crippen molar-refractivity contribution in [3.8, 4) is 11.5 Å². The van der Waals surface area contributed by atoms with Gasteiger partial charge in [-0.05, 0) is 48.5 Å². The Balaban J connectivity index is 1.22. The van der Waals surface area contributed by atoms with Gasteiger partial charge in [0.2, 0.25) is 0 Å². The van der Waals surface area contributed by atoms with E-state index < -0.39 is 54.4 Å². The summed E-state index contributed by atoms with van der Waals surface area (Å²) in [6.45, 7) is 4.43. The topological polar surface area (TPSA) is 159 Å². The molecule has 216 valence electrons. The zero-order valence-corrected chi connectivity index (χ0v) is 21.8. The minimum atomic E-state index is -1.02. The van der Waals surface area contributed by atoms with Crippen molar-refractivity contribution in [2.75, 3.05) is 26.4 Å². The fourth-order valence-electron chi connectivity index (χ4n) is 3.99. The molecule has 0 bridgehead atoms. The summed E-state index contributed by atoms with van der Waals surface area (Å²) in [5.74, 6) is -2.11. The number of rotatable bonds is 10. The van der Waals surface area contributed by atoms with Crippen molar-refractivity contribution in [3.05, 3.63) is 72.3 Å². The van der Waals surface area contributed by atoms with Crippen molar-refractivity contribution in [3.63, 3.8) is 0 Å². The van der Waals surface area contributed by atoms with E-state index in [4.69, 9.17) is 33.2 Å². The SMILES string of the molecule is C=CC(=O)OCCOC(=O)Oc1ccc(C(=O)Oc2ccc(C(=O)OC3COC4C(OC(C)=O)COC34)cc2)cc1. The Morgan fingerprint density at radius 1 is 0.756 bits per heavy atom. The molecule has 0 saturated carbocycles. The van der Waals surface area contributed by atoms with Crippen molar-refractivity contribution in [2.24, 2.45) is 0 Å². The van der Waals surface area contributed by atoms with Crippen LogP contribution in [-0.4, -0.2) is 80.9 Å². The molecule has 13 heteroatoms. The summed E-state index contributed by atoms with van der Waals surface area (Å²) in [5, 5.41) is 0. The van der Waals surface area contributed by atoms with Gasteiger partial charge in [0.15, 0.2) is 12.2 Å². The highest BCUT2D eigenvalue weighted by Crippen LogP contribution is 2.31. The molecule has 2 saturated heterocycles. The van der Waals surface area contributed by atoms with E-state index in [0.717, 1.165) is 6.08 Å². The van der Waals surface area contributed by atoms with Crippen LogP contribution in [0.25, 0.3) is 0 Å². The maximum Gasteiger partial charge on any atom is 0.513 e. The quantitative estimate of drug-likeness (QED) is 0.102. The van der Waals surface area contributed by atoms with Gasteiger partial charge in [0.05, 0.1) is 24.3 Å². The molecule has 4 atom stereocenters. The summed E-state index contributed by atoms with van der Waals surface area (Å²) in [6, 6.07) is 11.3. The number of carbonyl (C=O) groups excluding carboxylic acids is 5. The van der Waals surface area contributed by atoms with E-state index in [0.29, 0.717) is 0 Å². The first kappa shape index (κ1) is 29.2. The van der Waals surface area contributed by atoms with Gasteiger partial charge in [-0.2, -0.15) is 0 Å². The average molecular weight is 571 g/mol. The lowest BCUT2D eigenvalue weighted by molar-refractivity contribution is -0.151. The molecule has 2 heterocycles. The number of hydrogen-bond acceptors (Lipinski definition) is 13. The van der Waals surface area contributed by atoms with Crippen LogP contribution in [0.5, 0.6) is 11.5 Å². The molecular weight excluding hydrogens is 544 g/mol. The van der Waals surface area contributed by atoms with E-state index in [9.17, 15) is 24.0 Å². The first-order valence-electron chi connectivity index (χ1n) is 12.4. The van der Waals surface area contributed by atoms with Crippen molar-refractivity contribution < 1.29 is 61.9 Å². The second-order valence-corrected chi connectivity index (χ2v) is 8.70. The maximum absolute atomic E-state index is 12.6. The zero-order chi connectivity index (χ0) is 29.4. The fourth-order valence-corrected chi connectivity index (χ4v) is 3.99. The smallest absolute Gasteiger partial charge is 0.459 e. The van der Waals surface area contributed by atoms with Crippen LogP contribution >= 0.6 is 0 Å². The molecule has 41 heavy (non-hydrogen) atoms. The molecule has 0 N–H and O–H groups in total. The molecule has 4 unspecified atom stereocenters. The van der Waals surface area contributed by atoms with Gasteiger partial charge in [-0.3, -0.25) is 4.79 Å². The summed E-state index contributed by atoms with van der Waals surface area (Å²) in [4.78, 5) is 59.0. The van der Waals surface area contributed by atoms with Gasteiger partial charge >= 0.3 is 30.0 Å². The summed E-state index contributed by atoms with van der Waals surface area (Å²) < 4.78 is 41.7. The minimum Gasteiger partial charge on any atom is -0.459 e. The monoisotopic (exact) mass is 570 g/mol. The van der Waals surface area contributed by atoms with Crippen molar-refractivity contribution in [2.45, 2.75) is 31.3 Å². The van der Waals surface area contributed by atoms with Crippen molar-refractivity contribution in [1.82, 2.24) is 0 Å². The number of esters is 4. The number of ether oxygens (including phenoxy) is 8. The van der Waals surface area contributed by atoms with Crippen molar-refractivity contribution >= 4 is 30.0 Å². The van der Waals surface area contributed by atoms with Crippen LogP contribution in [0.4, 0.5) is 4.79 Å². The van der Waals surface area contributed by atoms with Gasteiger partial charge < -0.3 is 37.9 Å². The fraction of sp³-hybridized carbons (Fsp3) is 0.321. The minimum absolute atomic E-state index is 0.104. The Hall–Kier alpha value is -4.75. The summed E-state index contributed by atoms with van der Waals surface area (Å²) in [6.07, 6.45) is -2.30.